The zero-order valence-electron chi connectivity index (χ0n) is 10.7. The van der Waals surface area contributed by atoms with E-state index in [2.05, 4.69) is 5.32 Å². The minimum atomic E-state index is -0.767. The SMILES string of the molecule is O=C(O)CC1CCCN(C(=O)NCC2CCC2)C1. The summed E-state index contributed by atoms with van der Waals surface area (Å²) in [6, 6.07) is -0.0167. The molecule has 2 N–H and O–H groups in total. The van der Waals surface area contributed by atoms with Crippen LogP contribution < -0.4 is 5.32 Å². The van der Waals surface area contributed by atoms with Crippen molar-refractivity contribution in [1.82, 2.24) is 10.2 Å². The zero-order chi connectivity index (χ0) is 13.0. The van der Waals surface area contributed by atoms with Crippen molar-refractivity contribution in [2.45, 2.75) is 38.5 Å². The van der Waals surface area contributed by atoms with Gasteiger partial charge >= 0.3 is 12.0 Å². The normalized spacial score (nSPS) is 24.4. The highest BCUT2D eigenvalue weighted by atomic mass is 16.4. The smallest absolute Gasteiger partial charge is 0.317 e. The van der Waals surface area contributed by atoms with Gasteiger partial charge in [0.15, 0.2) is 0 Å². The molecule has 0 aromatic carbocycles. The summed E-state index contributed by atoms with van der Waals surface area (Å²) in [5, 5.41) is 11.8. The number of carbonyl (C=O) groups excluding carboxylic acids is 1. The Morgan fingerprint density at radius 1 is 1.17 bits per heavy atom. The third kappa shape index (κ3) is 3.62. The minimum absolute atomic E-state index is 0.0167. The first kappa shape index (κ1) is 13.2. The van der Waals surface area contributed by atoms with Crippen molar-refractivity contribution in [3.63, 3.8) is 0 Å². The van der Waals surface area contributed by atoms with Crippen LogP contribution in [0.4, 0.5) is 4.79 Å². The highest BCUT2D eigenvalue weighted by Crippen LogP contribution is 2.25. The molecule has 1 atom stereocenters. The quantitative estimate of drug-likeness (QED) is 0.802. The lowest BCUT2D eigenvalue weighted by Gasteiger charge is -2.33. The van der Waals surface area contributed by atoms with Gasteiger partial charge in [-0.15, -0.1) is 0 Å². The molecule has 0 bridgehead atoms. The van der Waals surface area contributed by atoms with E-state index in [1.807, 2.05) is 0 Å². The number of piperidine rings is 1. The topological polar surface area (TPSA) is 69.6 Å². The standard InChI is InChI=1S/C13H22N2O3/c16-12(17)7-11-5-2-6-15(9-11)13(18)14-8-10-3-1-4-10/h10-11H,1-9H2,(H,14,18)(H,16,17). The van der Waals surface area contributed by atoms with Crippen LogP contribution >= 0.6 is 0 Å². The Labute approximate surface area is 108 Å². The summed E-state index contributed by atoms with van der Waals surface area (Å²) in [6.45, 7) is 2.12. The highest BCUT2D eigenvalue weighted by molar-refractivity contribution is 5.74. The van der Waals surface area contributed by atoms with E-state index in [-0.39, 0.29) is 18.4 Å². The van der Waals surface area contributed by atoms with Gasteiger partial charge in [0.05, 0.1) is 0 Å². The molecular formula is C13H22N2O3. The monoisotopic (exact) mass is 254 g/mol. The summed E-state index contributed by atoms with van der Waals surface area (Å²) in [7, 11) is 0. The maximum Gasteiger partial charge on any atom is 0.317 e. The van der Waals surface area contributed by atoms with Crippen LogP contribution in [-0.4, -0.2) is 41.6 Å². The van der Waals surface area contributed by atoms with Crippen LogP contribution in [0.3, 0.4) is 0 Å². The molecule has 0 aromatic heterocycles. The van der Waals surface area contributed by atoms with Gasteiger partial charge in [-0.3, -0.25) is 4.79 Å². The van der Waals surface area contributed by atoms with Crippen LogP contribution in [0.15, 0.2) is 0 Å². The van der Waals surface area contributed by atoms with E-state index in [4.69, 9.17) is 5.11 Å². The van der Waals surface area contributed by atoms with Crippen molar-refractivity contribution in [3.05, 3.63) is 0 Å². The van der Waals surface area contributed by atoms with Gasteiger partial charge in [-0.05, 0) is 37.5 Å². The van der Waals surface area contributed by atoms with E-state index in [9.17, 15) is 9.59 Å². The third-order valence-electron chi connectivity index (χ3n) is 4.04. The molecule has 5 nitrogen and oxygen atoms in total. The molecule has 1 saturated carbocycles. The molecule has 2 fully saturated rings. The predicted molar refractivity (Wildman–Crippen MR) is 67.3 cm³/mol. The van der Waals surface area contributed by atoms with Gasteiger partial charge in [0.1, 0.15) is 0 Å². The van der Waals surface area contributed by atoms with Crippen molar-refractivity contribution in [1.29, 1.82) is 0 Å². The lowest BCUT2D eigenvalue weighted by atomic mass is 9.85. The van der Waals surface area contributed by atoms with Gasteiger partial charge in [0, 0.05) is 26.1 Å². The number of carbonyl (C=O) groups is 2. The fraction of sp³-hybridized carbons (Fsp3) is 0.846. The second-order valence-electron chi connectivity index (χ2n) is 5.54. The van der Waals surface area contributed by atoms with Gasteiger partial charge < -0.3 is 15.3 Å². The first-order chi connectivity index (χ1) is 8.65. The van der Waals surface area contributed by atoms with Gasteiger partial charge in [-0.25, -0.2) is 4.79 Å². The molecule has 1 aliphatic carbocycles. The van der Waals surface area contributed by atoms with Crippen molar-refractivity contribution in [2.24, 2.45) is 11.8 Å². The number of amides is 2. The van der Waals surface area contributed by atoms with E-state index < -0.39 is 5.97 Å². The molecule has 2 amide bonds. The Kier molecular flexibility index (Phi) is 4.44. The molecule has 0 radical (unpaired) electrons. The summed E-state index contributed by atoms with van der Waals surface area (Å²) >= 11 is 0. The number of aliphatic carboxylic acids is 1. The molecule has 2 aliphatic rings. The second kappa shape index (κ2) is 6.07. The van der Waals surface area contributed by atoms with Crippen molar-refractivity contribution in [3.8, 4) is 0 Å². The van der Waals surface area contributed by atoms with Gasteiger partial charge in [0.25, 0.3) is 0 Å². The largest absolute Gasteiger partial charge is 0.481 e. The van der Waals surface area contributed by atoms with E-state index in [1.165, 1.54) is 19.3 Å². The molecule has 2 rings (SSSR count). The molecule has 5 heteroatoms. The molecule has 1 unspecified atom stereocenters. The maximum absolute atomic E-state index is 11.9. The Morgan fingerprint density at radius 3 is 2.50 bits per heavy atom. The Balaban J connectivity index is 1.72. The fourth-order valence-corrected chi connectivity index (χ4v) is 2.70. The van der Waals surface area contributed by atoms with E-state index >= 15 is 0 Å². The number of carboxylic acids is 1. The lowest BCUT2D eigenvalue weighted by molar-refractivity contribution is -0.138. The molecule has 1 aliphatic heterocycles. The summed E-state index contributed by atoms with van der Waals surface area (Å²) in [5.74, 6) is 0.0102. The van der Waals surface area contributed by atoms with Crippen LogP contribution in [0.25, 0.3) is 0 Å². The van der Waals surface area contributed by atoms with E-state index in [0.29, 0.717) is 12.5 Å². The van der Waals surface area contributed by atoms with Gasteiger partial charge in [0.2, 0.25) is 0 Å². The maximum atomic E-state index is 11.9. The molecule has 1 heterocycles. The summed E-state index contributed by atoms with van der Waals surface area (Å²) in [6.07, 6.45) is 5.73. The number of hydrogen-bond donors (Lipinski definition) is 2. The van der Waals surface area contributed by atoms with Crippen LogP contribution in [0.1, 0.15) is 38.5 Å². The summed E-state index contributed by atoms with van der Waals surface area (Å²) in [5.41, 5.74) is 0. The number of carboxylic acid groups (broad SMARTS) is 1. The van der Waals surface area contributed by atoms with E-state index in [0.717, 1.165) is 25.9 Å². The average Bonchev–Trinajstić information content (AvgIpc) is 2.26. The zero-order valence-corrected chi connectivity index (χ0v) is 10.7. The third-order valence-corrected chi connectivity index (χ3v) is 4.04. The second-order valence-corrected chi connectivity index (χ2v) is 5.54. The van der Waals surface area contributed by atoms with Crippen LogP contribution in [-0.2, 0) is 4.79 Å². The molecule has 102 valence electrons. The number of nitrogens with one attached hydrogen (secondary N) is 1. The number of likely N-dealkylation sites (tertiary alicyclic amines) is 1. The number of hydrogen-bond acceptors (Lipinski definition) is 2. The predicted octanol–water partition coefficient (Wildman–Crippen LogP) is 1.68. The first-order valence-corrected chi connectivity index (χ1v) is 6.89. The number of urea groups is 1. The highest BCUT2D eigenvalue weighted by Gasteiger charge is 2.26. The molecule has 0 aromatic rings. The van der Waals surface area contributed by atoms with Crippen molar-refractivity contribution in [2.75, 3.05) is 19.6 Å². The Hall–Kier alpha value is -1.26. The molecule has 1 saturated heterocycles. The average molecular weight is 254 g/mol. The van der Waals surface area contributed by atoms with Crippen LogP contribution in [0, 0.1) is 11.8 Å². The Bertz CT molecular complexity index is 315. The minimum Gasteiger partial charge on any atom is -0.481 e. The van der Waals surface area contributed by atoms with Gasteiger partial charge in [-0.1, -0.05) is 6.42 Å². The number of rotatable bonds is 4. The Morgan fingerprint density at radius 2 is 1.89 bits per heavy atom. The van der Waals surface area contributed by atoms with Crippen molar-refractivity contribution < 1.29 is 14.7 Å². The molecule has 0 spiro atoms. The van der Waals surface area contributed by atoms with Crippen LogP contribution in [0.5, 0.6) is 0 Å². The summed E-state index contributed by atoms with van der Waals surface area (Å²) < 4.78 is 0. The van der Waals surface area contributed by atoms with Gasteiger partial charge in [-0.2, -0.15) is 0 Å². The van der Waals surface area contributed by atoms with Crippen LogP contribution in [0.2, 0.25) is 0 Å². The fourth-order valence-electron chi connectivity index (χ4n) is 2.70. The first-order valence-electron chi connectivity index (χ1n) is 6.89. The summed E-state index contributed by atoms with van der Waals surface area (Å²) in [4.78, 5) is 24.4. The van der Waals surface area contributed by atoms with E-state index in [1.54, 1.807) is 4.90 Å². The number of nitrogens with zero attached hydrogens (tertiary/aromatic N) is 1. The van der Waals surface area contributed by atoms with Crippen molar-refractivity contribution >= 4 is 12.0 Å². The molecule has 18 heavy (non-hydrogen) atoms. The lowest BCUT2D eigenvalue weighted by Crippen LogP contribution is -2.47. The molecular weight excluding hydrogens is 232 g/mol.